The summed E-state index contributed by atoms with van der Waals surface area (Å²) in [7, 11) is 2.05. The molecule has 0 aliphatic rings. The standard InChI is InChI=1S/C11H21N3/c1-10(2)13-7-5-4-6-11-8-12-9-14(11)3/h8-10,13H,4-7H2,1-3H3. The van der Waals surface area contributed by atoms with Gasteiger partial charge in [-0.3, -0.25) is 0 Å². The van der Waals surface area contributed by atoms with Crippen LogP contribution in [0.3, 0.4) is 0 Å². The monoisotopic (exact) mass is 195 g/mol. The van der Waals surface area contributed by atoms with Gasteiger partial charge in [0, 0.05) is 25.0 Å². The molecule has 1 N–H and O–H groups in total. The Balaban J connectivity index is 2.08. The van der Waals surface area contributed by atoms with E-state index in [2.05, 4.69) is 35.8 Å². The highest BCUT2D eigenvalue weighted by molar-refractivity contribution is 4.97. The molecule has 14 heavy (non-hydrogen) atoms. The van der Waals surface area contributed by atoms with Crippen molar-refractivity contribution in [1.29, 1.82) is 0 Å². The maximum absolute atomic E-state index is 4.10. The van der Waals surface area contributed by atoms with Gasteiger partial charge in [0.25, 0.3) is 0 Å². The molecule has 0 atom stereocenters. The summed E-state index contributed by atoms with van der Waals surface area (Å²) in [5, 5.41) is 3.42. The first-order chi connectivity index (χ1) is 6.70. The summed E-state index contributed by atoms with van der Waals surface area (Å²) in [6, 6.07) is 0.603. The van der Waals surface area contributed by atoms with Crippen LogP contribution in [-0.4, -0.2) is 22.1 Å². The topological polar surface area (TPSA) is 29.9 Å². The molecular weight excluding hydrogens is 174 g/mol. The third-order valence-corrected chi connectivity index (χ3v) is 2.33. The van der Waals surface area contributed by atoms with Crippen LogP contribution in [0.15, 0.2) is 12.5 Å². The molecule has 0 aliphatic heterocycles. The molecular formula is C11H21N3. The van der Waals surface area contributed by atoms with E-state index in [9.17, 15) is 0 Å². The first-order valence-electron chi connectivity index (χ1n) is 5.38. The van der Waals surface area contributed by atoms with E-state index in [1.807, 2.05) is 12.5 Å². The molecule has 0 aliphatic carbocycles. The quantitative estimate of drug-likeness (QED) is 0.701. The van der Waals surface area contributed by atoms with Crippen LogP contribution in [0.5, 0.6) is 0 Å². The maximum Gasteiger partial charge on any atom is 0.0945 e. The smallest absolute Gasteiger partial charge is 0.0945 e. The highest BCUT2D eigenvalue weighted by atomic mass is 15.0. The molecule has 0 unspecified atom stereocenters. The summed E-state index contributed by atoms with van der Waals surface area (Å²) in [6.07, 6.45) is 7.43. The van der Waals surface area contributed by atoms with E-state index < -0.39 is 0 Å². The van der Waals surface area contributed by atoms with Crippen molar-refractivity contribution in [3.05, 3.63) is 18.2 Å². The van der Waals surface area contributed by atoms with Crippen LogP contribution in [0.1, 0.15) is 32.4 Å². The van der Waals surface area contributed by atoms with Crippen LogP contribution in [0.2, 0.25) is 0 Å². The summed E-state index contributed by atoms with van der Waals surface area (Å²) < 4.78 is 2.09. The zero-order valence-corrected chi connectivity index (χ0v) is 9.45. The fraction of sp³-hybridized carbons (Fsp3) is 0.727. The van der Waals surface area contributed by atoms with E-state index in [1.54, 1.807) is 0 Å². The molecule has 0 spiro atoms. The molecule has 0 radical (unpaired) electrons. The summed E-state index contributed by atoms with van der Waals surface area (Å²) in [4.78, 5) is 4.10. The molecule has 1 rings (SSSR count). The van der Waals surface area contributed by atoms with Gasteiger partial charge in [-0.1, -0.05) is 13.8 Å². The van der Waals surface area contributed by atoms with Crippen LogP contribution < -0.4 is 5.32 Å². The molecule has 1 heterocycles. The van der Waals surface area contributed by atoms with Crippen LogP contribution in [0, 0.1) is 0 Å². The number of unbranched alkanes of at least 4 members (excludes halogenated alkanes) is 1. The Bertz CT molecular complexity index is 253. The van der Waals surface area contributed by atoms with Crippen molar-refractivity contribution in [2.45, 2.75) is 39.2 Å². The van der Waals surface area contributed by atoms with Gasteiger partial charge in [0.15, 0.2) is 0 Å². The molecule has 1 aromatic rings. The van der Waals surface area contributed by atoms with E-state index in [0.29, 0.717) is 6.04 Å². The Hall–Kier alpha value is -0.830. The zero-order valence-electron chi connectivity index (χ0n) is 9.45. The number of hydrogen-bond donors (Lipinski definition) is 1. The number of aromatic nitrogens is 2. The van der Waals surface area contributed by atoms with Crippen LogP contribution in [-0.2, 0) is 13.5 Å². The lowest BCUT2D eigenvalue weighted by Gasteiger charge is -2.07. The average Bonchev–Trinajstić information content (AvgIpc) is 2.51. The minimum Gasteiger partial charge on any atom is -0.338 e. The highest BCUT2D eigenvalue weighted by Gasteiger charge is 1.98. The summed E-state index contributed by atoms with van der Waals surface area (Å²) in [6.45, 7) is 5.48. The van der Waals surface area contributed by atoms with Gasteiger partial charge in [0.1, 0.15) is 0 Å². The van der Waals surface area contributed by atoms with Gasteiger partial charge in [0.2, 0.25) is 0 Å². The van der Waals surface area contributed by atoms with Gasteiger partial charge < -0.3 is 9.88 Å². The van der Waals surface area contributed by atoms with Crippen LogP contribution in [0.25, 0.3) is 0 Å². The lowest BCUT2D eigenvalue weighted by atomic mass is 10.2. The van der Waals surface area contributed by atoms with Crippen molar-refractivity contribution in [2.24, 2.45) is 7.05 Å². The number of imidazole rings is 1. The molecule has 1 aromatic heterocycles. The lowest BCUT2D eigenvalue weighted by molar-refractivity contribution is 0.554. The van der Waals surface area contributed by atoms with Crippen molar-refractivity contribution in [3.63, 3.8) is 0 Å². The zero-order chi connectivity index (χ0) is 10.4. The maximum atomic E-state index is 4.10. The molecule has 80 valence electrons. The molecule has 0 fully saturated rings. The van der Waals surface area contributed by atoms with Crippen molar-refractivity contribution < 1.29 is 0 Å². The first-order valence-corrected chi connectivity index (χ1v) is 5.38. The third kappa shape index (κ3) is 3.92. The number of rotatable bonds is 6. The predicted octanol–water partition coefficient (Wildman–Crippen LogP) is 1.74. The normalized spacial score (nSPS) is 11.1. The molecule has 3 heteroatoms. The van der Waals surface area contributed by atoms with E-state index in [4.69, 9.17) is 0 Å². The number of hydrogen-bond acceptors (Lipinski definition) is 2. The Kier molecular flexibility index (Phi) is 4.66. The SMILES string of the molecule is CC(C)NCCCCc1cncn1C. The number of nitrogens with zero attached hydrogens (tertiary/aromatic N) is 2. The van der Waals surface area contributed by atoms with Gasteiger partial charge in [0.05, 0.1) is 6.33 Å². The fourth-order valence-electron chi connectivity index (χ4n) is 1.45. The minimum absolute atomic E-state index is 0.603. The van der Waals surface area contributed by atoms with Crippen molar-refractivity contribution in [3.8, 4) is 0 Å². The second-order valence-electron chi connectivity index (χ2n) is 4.06. The van der Waals surface area contributed by atoms with Crippen LogP contribution >= 0.6 is 0 Å². The van der Waals surface area contributed by atoms with Gasteiger partial charge in [-0.2, -0.15) is 0 Å². The predicted molar refractivity (Wildman–Crippen MR) is 59.3 cm³/mol. The van der Waals surface area contributed by atoms with Gasteiger partial charge >= 0.3 is 0 Å². The third-order valence-electron chi connectivity index (χ3n) is 2.33. The van der Waals surface area contributed by atoms with Gasteiger partial charge in [-0.05, 0) is 25.8 Å². The summed E-state index contributed by atoms with van der Waals surface area (Å²) in [5.74, 6) is 0. The molecule has 0 amide bonds. The molecule has 0 saturated heterocycles. The molecule has 0 aromatic carbocycles. The first kappa shape index (κ1) is 11.2. The Labute approximate surface area is 86.5 Å². The minimum atomic E-state index is 0.603. The Morgan fingerprint density at radius 1 is 1.43 bits per heavy atom. The van der Waals surface area contributed by atoms with E-state index in [-0.39, 0.29) is 0 Å². The largest absolute Gasteiger partial charge is 0.338 e. The highest BCUT2D eigenvalue weighted by Crippen LogP contribution is 2.02. The van der Waals surface area contributed by atoms with E-state index >= 15 is 0 Å². The van der Waals surface area contributed by atoms with Crippen molar-refractivity contribution >= 4 is 0 Å². The van der Waals surface area contributed by atoms with E-state index in [1.165, 1.54) is 18.5 Å². The average molecular weight is 195 g/mol. The summed E-state index contributed by atoms with van der Waals surface area (Å²) >= 11 is 0. The number of nitrogens with one attached hydrogen (secondary N) is 1. The molecule has 0 bridgehead atoms. The number of aryl methyl sites for hydroxylation is 2. The van der Waals surface area contributed by atoms with Gasteiger partial charge in [-0.15, -0.1) is 0 Å². The van der Waals surface area contributed by atoms with Crippen LogP contribution in [0.4, 0.5) is 0 Å². The summed E-state index contributed by atoms with van der Waals surface area (Å²) in [5.41, 5.74) is 1.33. The lowest BCUT2D eigenvalue weighted by Crippen LogP contribution is -2.23. The van der Waals surface area contributed by atoms with Crippen molar-refractivity contribution in [1.82, 2.24) is 14.9 Å². The molecule has 3 nitrogen and oxygen atoms in total. The Morgan fingerprint density at radius 3 is 2.79 bits per heavy atom. The van der Waals surface area contributed by atoms with E-state index in [0.717, 1.165) is 13.0 Å². The van der Waals surface area contributed by atoms with Crippen molar-refractivity contribution in [2.75, 3.05) is 6.54 Å². The molecule has 0 saturated carbocycles. The second kappa shape index (κ2) is 5.81. The fourth-order valence-corrected chi connectivity index (χ4v) is 1.45. The van der Waals surface area contributed by atoms with Gasteiger partial charge in [-0.25, -0.2) is 4.98 Å². The Morgan fingerprint density at radius 2 is 2.21 bits per heavy atom. The second-order valence-corrected chi connectivity index (χ2v) is 4.06.